The number of anilines is 1. The maximum atomic E-state index is 12.3. The molecule has 0 aromatic carbocycles. The third kappa shape index (κ3) is 4.77. The number of aromatic nitrogens is 2. The SMILES string of the molecule is CCOC(=O)c1csc(NC(=O)c2ccc(OC3CCOCC3)nc2)n1. The Hall–Kier alpha value is -2.52. The third-order valence-electron chi connectivity index (χ3n) is 3.66. The van der Waals surface area contributed by atoms with Crippen LogP contribution < -0.4 is 10.1 Å². The van der Waals surface area contributed by atoms with Crippen molar-refractivity contribution in [3.8, 4) is 5.88 Å². The van der Waals surface area contributed by atoms with Gasteiger partial charge >= 0.3 is 5.97 Å². The zero-order chi connectivity index (χ0) is 18.4. The molecule has 0 unspecified atom stereocenters. The Morgan fingerprint density at radius 2 is 2.15 bits per heavy atom. The number of nitrogens with one attached hydrogen (secondary N) is 1. The maximum Gasteiger partial charge on any atom is 0.357 e. The van der Waals surface area contributed by atoms with Gasteiger partial charge in [-0.1, -0.05) is 0 Å². The van der Waals surface area contributed by atoms with Crippen LogP contribution in [0.1, 0.15) is 40.6 Å². The number of carbonyl (C=O) groups excluding carboxylic acids is 2. The first-order valence-electron chi connectivity index (χ1n) is 8.30. The van der Waals surface area contributed by atoms with Crippen molar-refractivity contribution in [2.45, 2.75) is 25.9 Å². The number of nitrogens with zero attached hydrogens (tertiary/aromatic N) is 2. The van der Waals surface area contributed by atoms with Crippen molar-refractivity contribution in [1.29, 1.82) is 0 Å². The monoisotopic (exact) mass is 377 g/mol. The highest BCUT2D eigenvalue weighted by molar-refractivity contribution is 7.14. The normalized spacial score (nSPS) is 14.7. The van der Waals surface area contributed by atoms with Crippen LogP contribution in [0, 0.1) is 0 Å². The van der Waals surface area contributed by atoms with E-state index >= 15 is 0 Å². The van der Waals surface area contributed by atoms with E-state index in [2.05, 4.69) is 15.3 Å². The minimum atomic E-state index is -0.513. The summed E-state index contributed by atoms with van der Waals surface area (Å²) < 4.78 is 15.9. The molecule has 9 heteroatoms. The summed E-state index contributed by atoms with van der Waals surface area (Å²) in [6.07, 6.45) is 3.20. The zero-order valence-corrected chi connectivity index (χ0v) is 15.1. The van der Waals surface area contributed by atoms with Gasteiger partial charge in [-0.3, -0.25) is 10.1 Å². The number of carbonyl (C=O) groups is 2. The van der Waals surface area contributed by atoms with E-state index in [1.807, 2.05) is 0 Å². The lowest BCUT2D eigenvalue weighted by Crippen LogP contribution is -2.26. The van der Waals surface area contributed by atoms with Gasteiger partial charge in [0.25, 0.3) is 5.91 Å². The lowest BCUT2D eigenvalue weighted by Gasteiger charge is -2.22. The first-order valence-corrected chi connectivity index (χ1v) is 9.18. The largest absolute Gasteiger partial charge is 0.474 e. The Bertz CT molecular complexity index is 756. The van der Waals surface area contributed by atoms with E-state index in [1.165, 1.54) is 11.6 Å². The standard InChI is InChI=1S/C17H19N3O5S/c1-2-24-16(22)13-10-26-17(19-13)20-15(21)11-3-4-14(18-9-11)25-12-5-7-23-8-6-12/h3-4,9-10,12H,2,5-8H2,1H3,(H,19,20,21). The summed E-state index contributed by atoms with van der Waals surface area (Å²) in [5.41, 5.74) is 0.544. The molecule has 1 aliphatic rings. The van der Waals surface area contributed by atoms with Crippen LogP contribution in [0.2, 0.25) is 0 Å². The summed E-state index contributed by atoms with van der Waals surface area (Å²) in [7, 11) is 0. The predicted molar refractivity (Wildman–Crippen MR) is 94.7 cm³/mol. The highest BCUT2D eigenvalue weighted by Gasteiger charge is 2.17. The second-order valence-electron chi connectivity index (χ2n) is 5.53. The molecule has 3 heterocycles. The molecule has 3 rings (SSSR count). The number of amides is 1. The van der Waals surface area contributed by atoms with E-state index in [4.69, 9.17) is 14.2 Å². The molecule has 2 aromatic heterocycles. The molecular weight excluding hydrogens is 358 g/mol. The third-order valence-corrected chi connectivity index (χ3v) is 4.42. The van der Waals surface area contributed by atoms with Crippen LogP contribution in [0.25, 0.3) is 0 Å². The average Bonchev–Trinajstić information content (AvgIpc) is 3.12. The summed E-state index contributed by atoms with van der Waals surface area (Å²) >= 11 is 1.15. The van der Waals surface area contributed by atoms with E-state index in [0.717, 1.165) is 24.2 Å². The summed E-state index contributed by atoms with van der Waals surface area (Å²) in [6.45, 7) is 3.36. The number of esters is 1. The number of rotatable bonds is 6. The Morgan fingerprint density at radius 3 is 2.85 bits per heavy atom. The van der Waals surface area contributed by atoms with Crippen molar-refractivity contribution in [1.82, 2.24) is 9.97 Å². The van der Waals surface area contributed by atoms with Crippen LogP contribution in [0.3, 0.4) is 0 Å². The zero-order valence-electron chi connectivity index (χ0n) is 14.3. The fraction of sp³-hybridized carbons (Fsp3) is 0.412. The van der Waals surface area contributed by atoms with Crippen LogP contribution in [-0.2, 0) is 9.47 Å². The van der Waals surface area contributed by atoms with E-state index in [9.17, 15) is 9.59 Å². The van der Waals surface area contributed by atoms with E-state index in [0.29, 0.717) is 29.8 Å². The van der Waals surface area contributed by atoms with Gasteiger partial charge in [0.05, 0.1) is 25.4 Å². The van der Waals surface area contributed by atoms with Gasteiger partial charge in [0, 0.05) is 30.5 Å². The molecule has 0 radical (unpaired) electrons. The van der Waals surface area contributed by atoms with Gasteiger partial charge in [-0.15, -0.1) is 11.3 Å². The van der Waals surface area contributed by atoms with Gasteiger partial charge in [0.2, 0.25) is 5.88 Å². The lowest BCUT2D eigenvalue weighted by molar-refractivity contribution is 0.0237. The second kappa shape index (κ2) is 8.72. The van der Waals surface area contributed by atoms with Crippen molar-refractivity contribution in [2.75, 3.05) is 25.1 Å². The molecule has 1 N–H and O–H groups in total. The molecule has 1 amide bonds. The van der Waals surface area contributed by atoms with Gasteiger partial charge in [-0.25, -0.2) is 14.8 Å². The van der Waals surface area contributed by atoms with Gasteiger partial charge in [-0.2, -0.15) is 0 Å². The maximum absolute atomic E-state index is 12.3. The molecule has 8 nitrogen and oxygen atoms in total. The van der Waals surface area contributed by atoms with Crippen molar-refractivity contribution >= 4 is 28.3 Å². The van der Waals surface area contributed by atoms with Crippen LogP contribution >= 0.6 is 11.3 Å². The first kappa shape index (κ1) is 18.3. The minimum absolute atomic E-state index is 0.0903. The van der Waals surface area contributed by atoms with Crippen LogP contribution in [0.5, 0.6) is 5.88 Å². The van der Waals surface area contributed by atoms with Crippen LogP contribution in [0.15, 0.2) is 23.7 Å². The topological polar surface area (TPSA) is 99.6 Å². The highest BCUT2D eigenvalue weighted by Crippen LogP contribution is 2.19. The summed E-state index contributed by atoms with van der Waals surface area (Å²) in [5.74, 6) is -0.396. The number of hydrogen-bond acceptors (Lipinski definition) is 8. The van der Waals surface area contributed by atoms with Gasteiger partial charge < -0.3 is 14.2 Å². The molecule has 26 heavy (non-hydrogen) atoms. The van der Waals surface area contributed by atoms with Gasteiger partial charge in [0.1, 0.15) is 6.10 Å². The Labute approximate surface area is 154 Å². The van der Waals surface area contributed by atoms with Gasteiger partial charge in [-0.05, 0) is 13.0 Å². The van der Waals surface area contributed by atoms with E-state index < -0.39 is 5.97 Å². The molecule has 0 saturated carbocycles. The fourth-order valence-electron chi connectivity index (χ4n) is 2.35. The molecule has 2 aromatic rings. The lowest BCUT2D eigenvalue weighted by atomic mass is 10.1. The molecular formula is C17H19N3O5S. The number of pyridine rings is 1. The quantitative estimate of drug-likeness (QED) is 0.772. The van der Waals surface area contributed by atoms with Crippen LogP contribution in [0.4, 0.5) is 5.13 Å². The minimum Gasteiger partial charge on any atom is -0.474 e. The molecule has 1 fully saturated rings. The Balaban J connectivity index is 1.57. The predicted octanol–water partition coefficient (Wildman–Crippen LogP) is 2.52. The highest BCUT2D eigenvalue weighted by atomic mass is 32.1. The molecule has 1 aliphatic heterocycles. The first-order chi connectivity index (χ1) is 12.7. The number of ether oxygens (including phenoxy) is 3. The average molecular weight is 377 g/mol. The smallest absolute Gasteiger partial charge is 0.357 e. The van der Waals surface area contributed by atoms with E-state index in [1.54, 1.807) is 19.1 Å². The second-order valence-corrected chi connectivity index (χ2v) is 6.39. The summed E-state index contributed by atoms with van der Waals surface area (Å²) in [5, 5.41) is 4.50. The molecule has 0 bridgehead atoms. The molecule has 0 aliphatic carbocycles. The van der Waals surface area contributed by atoms with Crippen molar-refractivity contribution in [3.63, 3.8) is 0 Å². The van der Waals surface area contributed by atoms with Gasteiger partial charge in [0.15, 0.2) is 10.8 Å². The molecule has 138 valence electrons. The van der Waals surface area contributed by atoms with Crippen molar-refractivity contribution in [3.05, 3.63) is 35.0 Å². The van der Waals surface area contributed by atoms with E-state index in [-0.39, 0.29) is 24.3 Å². The number of hydrogen-bond donors (Lipinski definition) is 1. The molecule has 0 spiro atoms. The fourth-order valence-corrected chi connectivity index (χ4v) is 3.02. The number of thiazole rings is 1. The molecule has 0 atom stereocenters. The molecule has 1 saturated heterocycles. The summed E-state index contributed by atoms with van der Waals surface area (Å²) in [6, 6.07) is 3.30. The summed E-state index contributed by atoms with van der Waals surface area (Å²) in [4.78, 5) is 32.1. The van der Waals surface area contributed by atoms with Crippen molar-refractivity contribution < 1.29 is 23.8 Å². The Kier molecular flexibility index (Phi) is 6.13. The Morgan fingerprint density at radius 1 is 1.35 bits per heavy atom. The van der Waals surface area contributed by atoms with Crippen LogP contribution in [-0.4, -0.2) is 47.8 Å². The van der Waals surface area contributed by atoms with Crippen molar-refractivity contribution in [2.24, 2.45) is 0 Å².